The van der Waals surface area contributed by atoms with Gasteiger partial charge in [0, 0.05) is 25.3 Å². The lowest BCUT2D eigenvalue weighted by atomic mass is 9.86. The zero-order valence-electron chi connectivity index (χ0n) is 19.1. The molecule has 4 rings (SSSR count). The van der Waals surface area contributed by atoms with Crippen LogP contribution in [0.25, 0.3) is 0 Å². The van der Waals surface area contributed by atoms with E-state index in [2.05, 4.69) is 0 Å². The highest BCUT2D eigenvalue weighted by Gasteiger charge is 2.45. The van der Waals surface area contributed by atoms with Gasteiger partial charge in [-0.1, -0.05) is 60.7 Å². The Labute approximate surface area is 205 Å². The van der Waals surface area contributed by atoms with Crippen LogP contribution in [0.1, 0.15) is 39.1 Å². The molecular weight excluding hydrogens is 504 g/mol. The van der Waals surface area contributed by atoms with Crippen molar-refractivity contribution in [2.75, 3.05) is 19.3 Å². The summed E-state index contributed by atoms with van der Waals surface area (Å²) in [5.41, 5.74) is -1.67. The molecule has 3 aromatic carbocycles. The molecule has 0 radical (unpaired) electrons. The third-order valence-corrected chi connectivity index (χ3v) is 7.94. The first-order chi connectivity index (χ1) is 16.7. The van der Waals surface area contributed by atoms with E-state index >= 15 is 0 Å². The van der Waals surface area contributed by atoms with E-state index in [4.69, 9.17) is 0 Å². The summed E-state index contributed by atoms with van der Waals surface area (Å²) >= 11 is 0. The molecule has 0 amide bonds. The van der Waals surface area contributed by atoms with E-state index in [1.54, 1.807) is 0 Å². The number of halogens is 6. The molecule has 0 aromatic heterocycles. The summed E-state index contributed by atoms with van der Waals surface area (Å²) in [7, 11) is -4.04. The highest BCUT2D eigenvalue weighted by molar-refractivity contribution is 7.90. The highest BCUT2D eigenvalue weighted by atomic mass is 32.2. The molecule has 3 nitrogen and oxygen atoms in total. The SMILES string of the molecule is CS(=O)(=O)C(c1cc(C(F)(F)F)cc(C(F)(F)F)c1)C1CN(C(c2ccccc2)c2ccccc2)C1. The first-order valence-electron chi connectivity index (χ1n) is 11.1. The average Bonchev–Trinajstić information content (AvgIpc) is 2.76. The highest BCUT2D eigenvalue weighted by Crippen LogP contribution is 2.44. The van der Waals surface area contributed by atoms with Gasteiger partial charge in [0.15, 0.2) is 9.84 Å². The molecule has 1 aliphatic heterocycles. The van der Waals surface area contributed by atoms with Crippen molar-refractivity contribution in [2.24, 2.45) is 5.92 Å². The summed E-state index contributed by atoms with van der Waals surface area (Å²) in [6, 6.07) is 19.7. The van der Waals surface area contributed by atoms with Gasteiger partial charge in [-0.05, 0) is 34.9 Å². The van der Waals surface area contributed by atoms with Crippen LogP contribution in [-0.2, 0) is 22.2 Å². The Hall–Kier alpha value is -2.85. The van der Waals surface area contributed by atoms with Gasteiger partial charge < -0.3 is 0 Å². The van der Waals surface area contributed by atoms with Crippen molar-refractivity contribution in [3.05, 3.63) is 107 Å². The van der Waals surface area contributed by atoms with Gasteiger partial charge in [-0.2, -0.15) is 26.3 Å². The van der Waals surface area contributed by atoms with Crippen LogP contribution in [0.2, 0.25) is 0 Å². The number of nitrogens with zero attached hydrogens (tertiary/aromatic N) is 1. The minimum absolute atomic E-state index is 0.0107. The van der Waals surface area contributed by atoms with Crippen molar-refractivity contribution in [1.82, 2.24) is 4.90 Å². The second kappa shape index (κ2) is 9.55. The van der Waals surface area contributed by atoms with Crippen molar-refractivity contribution in [3.63, 3.8) is 0 Å². The van der Waals surface area contributed by atoms with Crippen LogP contribution < -0.4 is 0 Å². The fourth-order valence-electron chi connectivity index (χ4n) is 4.85. The lowest BCUT2D eigenvalue weighted by molar-refractivity contribution is -0.143. The van der Waals surface area contributed by atoms with Crippen molar-refractivity contribution in [1.29, 1.82) is 0 Å². The molecule has 0 bridgehead atoms. The molecule has 3 aromatic rings. The van der Waals surface area contributed by atoms with Gasteiger partial charge in [0.2, 0.25) is 0 Å². The van der Waals surface area contributed by atoms with Crippen LogP contribution in [0.5, 0.6) is 0 Å². The largest absolute Gasteiger partial charge is 0.416 e. The fraction of sp³-hybridized carbons (Fsp3) is 0.308. The van der Waals surface area contributed by atoms with Crippen LogP contribution in [0.15, 0.2) is 78.9 Å². The monoisotopic (exact) mass is 527 g/mol. The Morgan fingerprint density at radius 3 is 1.50 bits per heavy atom. The molecule has 1 atom stereocenters. The molecule has 0 aliphatic carbocycles. The van der Waals surface area contributed by atoms with E-state index in [1.165, 1.54) is 0 Å². The van der Waals surface area contributed by atoms with E-state index in [0.29, 0.717) is 12.1 Å². The maximum absolute atomic E-state index is 13.4. The Morgan fingerprint density at radius 1 is 0.722 bits per heavy atom. The minimum atomic E-state index is -5.06. The molecule has 36 heavy (non-hydrogen) atoms. The Bertz CT molecular complexity index is 1230. The van der Waals surface area contributed by atoms with Crippen molar-refractivity contribution < 1.29 is 34.8 Å². The molecule has 1 heterocycles. The normalized spacial score (nSPS) is 16.7. The number of rotatable bonds is 6. The Balaban J connectivity index is 1.70. The lowest BCUT2D eigenvalue weighted by Crippen LogP contribution is -2.52. The molecule has 1 unspecified atom stereocenters. The van der Waals surface area contributed by atoms with E-state index in [1.807, 2.05) is 65.6 Å². The fourth-order valence-corrected chi connectivity index (χ4v) is 6.35. The predicted molar refractivity (Wildman–Crippen MR) is 124 cm³/mol. The van der Waals surface area contributed by atoms with E-state index in [0.717, 1.165) is 17.4 Å². The van der Waals surface area contributed by atoms with Crippen LogP contribution in [-0.4, -0.2) is 32.7 Å². The third-order valence-electron chi connectivity index (χ3n) is 6.36. The number of hydrogen-bond donors (Lipinski definition) is 0. The number of sulfone groups is 1. The van der Waals surface area contributed by atoms with Gasteiger partial charge in [-0.15, -0.1) is 0 Å². The Kier molecular flexibility index (Phi) is 6.96. The van der Waals surface area contributed by atoms with Crippen molar-refractivity contribution in [3.8, 4) is 0 Å². The van der Waals surface area contributed by atoms with E-state index in [9.17, 15) is 34.8 Å². The summed E-state index contributed by atoms with van der Waals surface area (Å²) < 4.78 is 106. The molecular formula is C26H23F6NO2S. The summed E-state index contributed by atoms with van der Waals surface area (Å²) in [4.78, 5) is 1.98. The smallest absolute Gasteiger partial charge is 0.292 e. The molecule has 1 fully saturated rings. The van der Waals surface area contributed by atoms with Gasteiger partial charge >= 0.3 is 12.4 Å². The maximum atomic E-state index is 13.4. The molecule has 1 saturated heterocycles. The number of hydrogen-bond acceptors (Lipinski definition) is 3. The average molecular weight is 528 g/mol. The molecule has 0 N–H and O–H groups in total. The molecule has 0 saturated carbocycles. The van der Waals surface area contributed by atoms with Crippen LogP contribution in [0.3, 0.4) is 0 Å². The van der Waals surface area contributed by atoms with Crippen molar-refractivity contribution in [2.45, 2.75) is 23.6 Å². The first-order valence-corrected chi connectivity index (χ1v) is 13.0. The summed E-state index contributed by atoms with van der Waals surface area (Å²) in [5.74, 6) is -0.681. The van der Waals surface area contributed by atoms with Gasteiger partial charge in [-0.3, -0.25) is 4.90 Å². The molecule has 0 spiro atoms. The van der Waals surface area contributed by atoms with Gasteiger partial charge in [0.25, 0.3) is 0 Å². The minimum Gasteiger partial charge on any atom is -0.292 e. The van der Waals surface area contributed by atoms with Gasteiger partial charge in [-0.25, -0.2) is 8.42 Å². The Morgan fingerprint density at radius 2 is 1.14 bits per heavy atom. The third kappa shape index (κ3) is 5.59. The summed E-state index contributed by atoms with van der Waals surface area (Å²) in [6.07, 6.45) is -9.27. The number of benzene rings is 3. The second-order valence-electron chi connectivity index (χ2n) is 9.03. The first kappa shape index (κ1) is 26.2. The number of likely N-dealkylation sites (tertiary alicyclic amines) is 1. The van der Waals surface area contributed by atoms with Crippen molar-refractivity contribution >= 4 is 9.84 Å². The summed E-state index contributed by atoms with van der Waals surface area (Å²) in [5, 5.41) is -1.51. The molecule has 192 valence electrons. The zero-order chi connectivity index (χ0) is 26.3. The van der Waals surface area contributed by atoms with Gasteiger partial charge in [0.1, 0.15) is 0 Å². The van der Waals surface area contributed by atoms with E-state index < -0.39 is 50.0 Å². The number of alkyl halides is 6. The predicted octanol–water partition coefficient (Wildman–Crippen LogP) is 6.53. The van der Waals surface area contributed by atoms with Gasteiger partial charge in [0.05, 0.1) is 22.4 Å². The zero-order valence-corrected chi connectivity index (χ0v) is 19.9. The molecule has 10 heteroatoms. The molecule has 1 aliphatic rings. The quantitative estimate of drug-likeness (QED) is 0.342. The van der Waals surface area contributed by atoms with Crippen LogP contribution in [0, 0.1) is 5.92 Å². The lowest BCUT2D eigenvalue weighted by Gasteiger charge is -2.47. The standard InChI is InChI=1S/C26H23F6NO2S/c1-36(34,35)24(19-12-21(25(27,28)29)14-22(13-19)26(30,31)32)20-15-33(16-20)23(17-8-4-2-5-9-17)18-10-6-3-7-11-18/h2-14,20,23-24H,15-16H2,1H3. The summed E-state index contributed by atoms with van der Waals surface area (Å²) in [6.45, 7) is 0.369. The van der Waals surface area contributed by atoms with E-state index in [-0.39, 0.29) is 25.2 Å². The second-order valence-corrected chi connectivity index (χ2v) is 11.2. The topological polar surface area (TPSA) is 37.4 Å². The van der Waals surface area contributed by atoms with Crippen LogP contribution in [0.4, 0.5) is 26.3 Å². The maximum Gasteiger partial charge on any atom is 0.416 e. The van der Waals surface area contributed by atoms with Crippen LogP contribution >= 0.6 is 0 Å².